The third kappa shape index (κ3) is 5.66. The van der Waals surface area contributed by atoms with E-state index in [1.807, 2.05) is 20.8 Å². The molecule has 0 atom stereocenters. The first-order chi connectivity index (χ1) is 11.3. The second-order valence-corrected chi connectivity index (χ2v) is 6.23. The zero-order valence-corrected chi connectivity index (χ0v) is 14.4. The van der Waals surface area contributed by atoms with E-state index in [9.17, 15) is 9.18 Å². The van der Waals surface area contributed by atoms with Gasteiger partial charge < -0.3 is 10.6 Å². The SMILES string of the molecule is Cc1cc(N/C(=N\C(=O)CC(C)C)Nc2cc(F)cc(Cl)c2)n[nH]1. The van der Waals surface area contributed by atoms with Gasteiger partial charge >= 0.3 is 0 Å². The molecule has 8 heteroatoms. The topological polar surface area (TPSA) is 82.2 Å². The van der Waals surface area contributed by atoms with Crippen LogP contribution in [-0.4, -0.2) is 22.1 Å². The number of aromatic nitrogens is 2. The fraction of sp³-hybridized carbons (Fsp3) is 0.312. The zero-order chi connectivity index (χ0) is 17.7. The number of aliphatic imine (C=N–C) groups is 1. The first-order valence-electron chi connectivity index (χ1n) is 7.45. The Morgan fingerprint density at radius 1 is 1.33 bits per heavy atom. The molecule has 0 unspecified atom stereocenters. The molecule has 0 aliphatic rings. The Morgan fingerprint density at radius 3 is 2.67 bits per heavy atom. The monoisotopic (exact) mass is 351 g/mol. The fourth-order valence-electron chi connectivity index (χ4n) is 1.97. The van der Waals surface area contributed by atoms with Gasteiger partial charge in [-0.05, 0) is 31.0 Å². The molecule has 1 heterocycles. The third-order valence-corrected chi connectivity index (χ3v) is 3.12. The molecule has 0 saturated carbocycles. The molecule has 24 heavy (non-hydrogen) atoms. The number of H-pyrrole nitrogens is 1. The maximum Gasteiger partial charge on any atom is 0.249 e. The van der Waals surface area contributed by atoms with Crippen molar-refractivity contribution in [2.24, 2.45) is 10.9 Å². The summed E-state index contributed by atoms with van der Waals surface area (Å²) in [5.74, 6) is 0.0226. The summed E-state index contributed by atoms with van der Waals surface area (Å²) in [5, 5.41) is 12.8. The van der Waals surface area contributed by atoms with Gasteiger partial charge in [0.2, 0.25) is 11.9 Å². The van der Waals surface area contributed by atoms with Crippen LogP contribution < -0.4 is 10.6 Å². The molecule has 1 aromatic carbocycles. The van der Waals surface area contributed by atoms with Gasteiger partial charge in [0.1, 0.15) is 5.82 Å². The first-order valence-corrected chi connectivity index (χ1v) is 7.83. The number of anilines is 2. The van der Waals surface area contributed by atoms with E-state index in [4.69, 9.17) is 11.6 Å². The lowest BCUT2D eigenvalue weighted by Crippen LogP contribution is -2.24. The first kappa shape index (κ1) is 17.9. The van der Waals surface area contributed by atoms with Crippen LogP contribution in [0.1, 0.15) is 26.0 Å². The third-order valence-electron chi connectivity index (χ3n) is 2.90. The van der Waals surface area contributed by atoms with Crippen molar-refractivity contribution in [1.29, 1.82) is 0 Å². The molecule has 0 radical (unpaired) electrons. The average molecular weight is 352 g/mol. The average Bonchev–Trinajstić information content (AvgIpc) is 2.81. The van der Waals surface area contributed by atoms with Gasteiger partial charge in [0.25, 0.3) is 0 Å². The molecule has 1 aromatic heterocycles. The van der Waals surface area contributed by atoms with E-state index >= 15 is 0 Å². The minimum atomic E-state index is -0.492. The van der Waals surface area contributed by atoms with Gasteiger partial charge in [-0.1, -0.05) is 25.4 Å². The number of hydrogen-bond donors (Lipinski definition) is 3. The van der Waals surface area contributed by atoms with Gasteiger partial charge in [-0.25, -0.2) is 4.39 Å². The predicted octanol–water partition coefficient (Wildman–Crippen LogP) is 3.96. The highest BCUT2D eigenvalue weighted by molar-refractivity contribution is 6.31. The van der Waals surface area contributed by atoms with E-state index in [1.54, 1.807) is 6.07 Å². The lowest BCUT2D eigenvalue weighted by Gasteiger charge is -2.11. The van der Waals surface area contributed by atoms with E-state index in [-0.39, 0.29) is 22.8 Å². The van der Waals surface area contributed by atoms with Gasteiger partial charge in [0, 0.05) is 28.9 Å². The molecule has 3 N–H and O–H groups in total. The molecule has 0 bridgehead atoms. The summed E-state index contributed by atoms with van der Waals surface area (Å²) in [5.41, 5.74) is 1.22. The summed E-state index contributed by atoms with van der Waals surface area (Å²) in [6, 6.07) is 5.73. The van der Waals surface area contributed by atoms with Gasteiger partial charge in [0.05, 0.1) is 0 Å². The van der Waals surface area contributed by atoms with E-state index in [0.717, 1.165) is 5.69 Å². The van der Waals surface area contributed by atoms with E-state index in [2.05, 4.69) is 25.8 Å². The number of aromatic amines is 1. The number of nitrogens with zero attached hydrogens (tertiary/aromatic N) is 2. The molecule has 0 fully saturated rings. The Labute approximate surface area is 144 Å². The second kappa shape index (κ2) is 7.92. The van der Waals surface area contributed by atoms with Crippen LogP contribution in [0.4, 0.5) is 15.9 Å². The maximum atomic E-state index is 13.5. The van der Waals surface area contributed by atoms with Crippen LogP contribution in [0.2, 0.25) is 5.02 Å². The smallest absolute Gasteiger partial charge is 0.249 e. The van der Waals surface area contributed by atoms with Crippen molar-refractivity contribution in [3.63, 3.8) is 0 Å². The van der Waals surface area contributed by atoms with Gasteiger partial charge in [0.15, 0.2) is 5.82 Å². The Hall–Kier alpha value is -2.41. The van der Waals surface area contributed by atoms with Crippen LogP contribution in [-0.2, 0) is 4.79 Å². The van der Waals surface area contributed by atoms with Gasteiger partial charge in [-0.3, -0.25) is 9.89 Å². The molecular formula is C16H19ClFN5O. The number of carbonyl (C=O) groups excluding carboxylic acids is 1. The Balaban J connectivity index is 2.24. The predicted molar refractivity (Wildman–Crippen MR) is 93.9 cm³/mol. The fourth-order valence-corrected chi connectivity index (χ4v) is 2.19. The van der Waals surface area contributed by atoms with Crippen molar-refractivity contribution >= 4 is 35.0 Å². The van der Waals surface area contributed by atoms with Crippen LogP contribution in [0, 0.1) is 18.7 Å². The number of nitrogens with one attached hydrogen (secondary N) is 3. The zero-order valence-electron chi connectivity index (χ0n) is 13.7. The van der Waals surface area contributed by atoms with Crippen molar-refractivity contribution in [2.75, 3.05) is 10.6 Å². The summed E-state index contributed by atoms with van der Waals surface area (Å²) in [6.45, 7) is 5.70. The molecule has 0 spiro atoms. The van der Waals surface area contributed by atoms with E-state index in [0.29, 0.717) is 17.9 Å². The molecule has 2 rings (SSSR count). The highest BCUT2D eigenvalue weighted by atomic mass is 35.5. The Bertz CT molecular complexity index is 736. The quantitative estimate of drug-likeness (QED) is 0.575. The maximum absolute atomic E-state index is 13.5. The van der Waals surface area contributed by atoms with Crippen molar-refractivity contribution in [2.45, 2.75) is 27.2 Å². The summed E-state index contributed by atoms with van der Waals surface area (Å²) >= 11 is 5.85. The molecule has 6 nitrogen and oxygen atoms in total. The standard InChI is InChI=1S/C16H19ClFN5O/c1-9(2)4-15(24)21-16(20-14-5-10(3)22-23-14)19-13-7-11(17)6-12(18)8-13/h5-9H,4H2,1-3H3,(H3,19,20,21,22,23,24). The van der Waals surface area contributed by atoms with Crippen LogP contribution in [0.25, 0.3) is 0 Å². The molecule has 0 saturated heterocycles. The summed E-state index contributed by atoms with van der Waals surface area (Å²) in [7, 11) is 0. The number of aryl methyl sites for hydroxylation is 1. The number of carbonyl (C=O) groups is 1. The summed E-state index contributed by atoms with van der Waals surface area (Å²) in [4.78, 5) is 16.0. The Kier molecular flexibility index (Phi) is 5.92. The van der Waals surface area contributed by atoms with E-state index in [1.165, 1.54) is 18.2 Å². The second-order valence-electron chi connectivity index (χ2n) is 5.80. The van der Waals surface area contributed by atoms with E-state index < -0.39 is 5.82 Å². The minimum Gasteiger partial charge on any atom is -0.325 e. The van der Waals surface area contributed by atoms with Crippen molar-refractivity contribution in [3.05, 3.63) is 40.8 Å². The molecule has 128 valence electrons. The highest BCUT2D eigenvalue weighted by Crippen LogP contribution is 2.18. The highest BCUT2D eigenvalue weighted by Gasteiger charge is 2.10. The number of guanidine groups is 1. The van der Waals surface area contributed by atoms with Crippen LogP contribution in [0.3, 0.4) is 0 Å². The van der Waals surface area contributed by atoms with Crippen LogP contribution in [0.5, 0.6) is 0 Å². The number of hydrogen-bond acceptors (Lipinski definition) is 2. The molecule has 1 amide bonds. The molecule has 2 aromatic rings. The number of rotatable bonds is 4. The van der Waals surface area contributed by atoms with Gasteiger partial charge in [-0.15, -0.1) is 0 Å². The van der Waals surface area contributed by atoms with Crippen molar-refractivity contribution < 1.29 is 9.18 Å². The largest absolute Gasteiger partial charge is 0.325 e. The number of amides is 1. The van der Waals surface area contributed by atoms with Gasteiger partial charge in [-0.2, -0.15) is 10.1 Å². The van der Waals surface area contributed by atoms with Crippen LogP contribution in [0.15, 0.2) is 29.3 Å². The molecule has 0 aliphatic carbocycles. The molecular weight excluding hydrogens is 333 g/mol. The van der Waals surface area contributed by atoms with Crippen LogP contribution >= 0.6 is 11.6 Å². The minimum absolute atomic E-state index is 0.147. The van der Waals surface area contributed by atoms with Crippen molar-refractivity contribution in [3.8, 4) is 0 Å². The number of halogens is 2. The lowest BCUT2D eigenvalue weighted by molar-refractivity contribution is -0.118. The molecule has 0 aliphatic heterocycles. The normalized spacial score (nSPS) is 11.7. The summed E-state index contributed by atoms with van der Waals surface area (Å²) < 4.78 is 13.5. The summed E-state index contributed by atoms with van der Waals surface area (Å²) in [6.07, 6.45) is 0.302. The number of benzene rings is 1. The van der Waals surface area contributed by atoms with Crippen molar-refractivity contribution in [1.82, 2.24) is 10.2 Å². The lowest BCUT2D eigenvalue weighted by atomic mass is 10.1. The Morgan fingerprint density at radius 2 is 2.08 bits per heavy atom.